The smallest absolute Gasteiger partial charge is 0.124 e. The van der Waals surface area contributed by atoms with Gasteiger partial charge in [-0.3, -0.25) is 0 Å². The molecule has 0 spiro atoms. The Hall–Kier alpha value is -2.77. The molecule has 0 fully saturated rings. The summed E-state index contributed by atoms with van der Waals surface area (Å²) < 4.78 is 13.5. The highest BCUT2D eigenvalue weighted by molar-refractivity contribution is 6.32. The molecule has 0 atom stereocenters. The lowest BCUT2D eigenvalue weighted by molar-refractivity contribution is 0.627. The largest absolute Gasteiger partial charge is 0.399 e. The molecule has 3 nitrogen and oxygen atoms in total. The molecule has 2 aromatic carbocycles. The van der Waals surface area contributed by atoms with E-state index in [2.05, 4.69) is 13.2 Å². The number of nitrogens with zero attached hydrogens (tertiary/aromatic N) is 2. The van der Waals surface area contributed by atoms with Crippen LogP contribution in [0.15, 0.2) is 55.1 Å². The van der Waals surface area contributed by atoms with Crippen LogP contribution < -0.4 is 10.6 Å². The van der Waals surface area contributed by atoms with Gasteiger partial charge < -0.3 is 10.6 Å². The third kappa shape index (κ3) is 4.40. The van der Waals surface area contributed by atoms with E-state index in [1.807, 2.05) is 17.9 Å². The zero-order valence-electron chi connectivity index (χ0n) is 14.0. The van der Waals surface area contributed by atoms with E-state index in [-0.39, 0.29) is 5.56 Å². The second-order valence-electron chi connectivity index (χ2n) is 5.82. The van der Waals surface area contributed by atoms with Crippen molar-refractivity contribution in [1.29, 1.82) is 5.26 Å². The van der Waals surface area contributed by atoms with Crippen LogP contribution in [-0.2, 0) is 0 Å². The molecule has 0 radical (unpaired) electrons. The monoisotopic (exact) mass is 355 g/mol. The van der Waals surface area contributed by atoms with Crippen molar-refractivity contribution in [3.05, 3.63) is 77.1 Å². The highest BCUT2D eigenvalue weighted by Crippen LogP contribution is 2.33. The summed E-state index contributed by atoms with van der Waals surface area (Å²) in [6, 6.07) is 11.3. The molecule has 0 aliphatic heterocycles. The van der Waals surface area contributed by atoms with Gasteiger partial charge >= 0.3 is 0 Å². The van der Waals surface area contributed by atoms with Crippen LogP contribution in [0.3, 0.4) is 0 Å². The Morgan fingerprint density at radius 3 is 2.64 bits per heavy atom. The molecule has 0 aromatic heterocycles. The van der Waals surface area contributed by atoms with E-state index in [0.29, 0.717) is 40.6 Å². The number of hydrogen-bond donors (Lipinski definition) is 1. The molecule has 0 aliphatic rings. The minimum Gasteiger partial charge on any atom is -0.399 e. The molecule has 2 aromatic rings. The Morgan fingerprint density at radius 1 is 1.28 bits per heavy atom. The number of anilines is 2. The van der Waals surface area contributed by atoms with Crippen molar-refractivity contribution in [3.63, 3.8) is 0 Å². The zero-order valence-corrected chi connectivity index (χ0v) is 14.8. The lowest BCUT2D eigenvalue weighted by atomic mass is 10.1. The minimum atomic E-state index is -0.465. The van der Waals surface area contributed by atoms with E-state index in [4.69, 9.17) is 17.3 Å². The number of rotatable bonds is 6. The van der Waals surface area contributed by atoms with Crippen LogP contribution in [0.5, 0.6) is 0 Å². The van der Waals surface area contributed by atoms with Gasteiger partial charge in [0.2, 0.25) is 0 Å². The number of hydrogen-bond acceptors (Lipinski definition) is 3. The molecular formula is C20H19ClFN3. The van der Waals surface area contributed by atoms with Gasteiger partial charge in [0, 0.05) is 23.5 Å². The Balaban J connectivity index is 2.53. The molecule has 0 unspecified atom stereocenters. The van der Waals surface area contributed by atoms with Crippen LogP contribution in [0, 0.1) is 17.1 Å². The second-order valence-corrected chi connectivity index (χ2v) is 6.23. The van der Waals surface area contributed by atoms with Crippen molar-refractivity contribution in [1.82, 2.24) is 0 Å². The Labute approximate surface area is 152 Å². The molecule has 0 heterocycles. The van der Waals surface area contributed by atoms with Gasteiger partial charge in [-0.15, -0.1) is 6.58 Å². The summed E-state index contributed by atoms with van der Waals surface area (Å²) in [4.78, 5) is 1.84. The highest BCUT2D eigenvalue weighted by atomic mass is 35.5. The van der Waals surface area contributed by atoms with E-state index in [1.165, 1.54) is 12.1 Å². The third-order valence-electron chi connectivity index (χ3n) is 3.76. The van der Waals surface area contributed by atoms with Crippen molar-refractivity contribution in [2.75, 3.05) is 17.2 Å². The predicted octanol–water partition coefficient (Wildman–Crippen LogP) is 5.38. The first kappa shape index (κ1) is 18.6. The van der Waals surface area contributed by atoms with Crippen LogP contribution >= 0.6 is 11.6 Å². The third-order valence-corrected chi connectivity index (χ3v) is 4.09. The topological polar surface area (TPSA) is 53.0 Å². The van der Waals surface area contributed by atoms with Gasteiger partial charge in [0.15, 0.2) is 0 Å². The van der Waals surface area contributed by atoms with Crippen molar-refractivity contribution in [3.8, 4) is 6.07 Å². The molecule has 5 heteroatoms. The minimum absolute atomic E-state index is 0.225. The number of halogens is 2. The van der Waals surface area contributed by atoms with Gasteiger partial charge in [0.1, 0.15) is 11.9 Å². The van der Waals surface area contributed by atoms with Crippen LogP contribution in [0.2, 0.25) is 5.02 Å². The molecule has 0 saturated heterocycles. The van der Waals surface area contributed by atoms with E-state index < -0.39 is 5.82 Å². The van der Waals surface area contributed by atoms with Crippen LogP contribution in [0.4, 0.5) is 15.8 Å². The number of benzene rings is 2. The lowest BCUT2D eigenvalue weighted by Gasteiger charge is -2.28. The summed E-state index contributed by atoms with van der Waals surface area (Å²) in [7, 11) is 0. The Morgan fingerprint density at radius 2 is 2.00 bits per heavy atom. The summed E-state index contributed by atoms with van der Waals surface area (Å²) >= 11 is 6.30. The highest BCUT2D eigenvalue weighted by Gasteiger charge is 2.18. The molecule has 0 bridgehead atoms. The Bertz CT molecular complexity index is 868. The predicted molar refractivity (Wildman–Crippen MR) is 103 cm³/mol. The second kappa shape index (κ2) is 7.87. The molecule has 2 rings (SSSR count). The maximum atomic E-state index is 13.5. The van der Waals surface area contributed by atoms with Crippen molar-refractivity contribution >= 4 is 28.7 Å². The molecule has 128 valence electrons. The first-order valence-electron chi connectivity index (χ1n) is 7.69. The summed E-state index contributed by atoms with van der Waals surface area (Å²) in [5.41, 5.74) is 9.44. The van der Waals surface area contributed by atoms with Crippen molar-refractivity contribution < 1.29 is 4.39 Å². The lowest BCUT2D eigenvalue weighted by Crippen LogP contribution is -2.23. The normalized spacial score (nSPS) is 10.2. The summed E-state index contributed by atoms with van der Waals surface area (Å²) in [5, 5.41) is 9.88. The van der Waals surface area contributed by atoms with Gasteiger partial charge in [-0.2, -0.15) is 5.26 Å². The number of nitrogen functional groups attached to an aromatic ring is 1. The van der Waals surface area contributed by atoms with E-state index >= 15 is 0 Å². The van der Waals surface area contributed by atoms with Crippen LogP contribution in [0.25, 0.3) is 5.70 Å². The van der Waals surface area contributed by atoms with Gasteiger partial charge in [-0.05, 0) is 49.7 Å². The SMILES string of the molecule is C=C(C)CCN(C(=C)c1cc(N)ccc1Cl)c1ccc(F)cc1C#N. The first-order chi connectivity index (χ1) is 11.8. The van der Waals surface area contributed by atoms with E-state index in [9.17, 15) is 9.65 Å². The van der Waals surface area contributed by atoms with Gasteiger partial charge in [0.05, 0.1) is 16.3 Å². The molecule has 2 N–H and O–H groups in total. The summed E-state index contributed by atoms with van der Waals surface area (Å²) in [6.07, 6.45) is 0.682. The van der Waals surface area contributed by atoms with E-state index in [0.717, 1.165) is 5.57 Å². The maximum Gasteiger partial charge on any atom is 0.124 e. The fourth-order valence-electron chi connectivity index (χ4n) is 2.45. The van der Waals surface area contributed by atoms with Gasteiger partial charge in [-0.1, -0.05) is 23.8 Å². The molecule has 0 aliphatic carbocycles. The zero-order chi connectivity index (χ0) is 18.6. The number of nitrogens with two attached hydrogens (primary N) is 1. The van der Waals surface area contributed by atoms with E-state index in [1.54, 1.807) is 24.3 Å². The average Bonchev–Trinajstić information content (AvgIpc) is 2.57. The van der Waals surface area contributed by atoms with Crippen LogP contribution in [0.1, 0.15) is 24.5 Å². The standard InChI is InChI=1S/C20H19ClFN3/c1-13(2)8-9-25(20-7-4-16(22)10-15(20)12-23)14(3)18-11-17(24)5-6-19(18)21/h4-7,10-11H,1,3,8-9,24H2,2H3. The average molecular weight is 356 g/mol. The first-order valence-corrected chi connectivity index (χ1v) is 8.07. The molecule has 25 heavy (non-hydrogen) atoms. The molecule has 0 saturated carbocycles. The maximum absolute atomic E-state index is 13.5. The molecular weight excluding hydrogens is 337 g/mol. The van der Waals surface area contributed by atoms with Crippen molar-refractivity contribution in [2.24, 2.45) is 0 Å². The fourth-order valence-corrected chi connectivity index (χ4v) is 2.67. The van der Waals surface area contributed by atoms with Gasteiger partial charge in [0.25, 0.3) is 0 Å². The summed E-state index contributed by atoms with van der Waals surface area (Å²) in [5.74, 6) is -0.465. The Kier molecular flexibility index (Phi) is 5.84. The fraction of sp³-hybridized carbons (Fsp3) is 0.150. The molecule has 0 amide bonds. The quantitative estimate of drug-likeness (QED) is 0.559. The van der Waals surface area contributed by atoms with Crippen molar-refractivity contribution in [2.45, 2.75) is 13.3 Å². The number of nitriles is 1. The van der Waals surface area contributed by atoms with Crippen LogP contribution in [-0.4, -0.2) is 6.54 Å². The van der Waals surface area contributed by atoms with Gasteiger partial charge in [-0.25, -0.2) is 4.39 Å². The summed E-state index contributed by atoms with van der Waals surface area (Å²) in [6.45, 7) is 10.5.